The summed E-state index contributed by atoms with van der Waals surface area (Å²) in [6.07, 6.45) is -3.48. The minimum Gasteiger partial charge on any atom is -0.317 e. The molecule has 88 valence electrons. The van der Waals surface area contributed by atoms with Gasteiger partial charge in [0.25, 0.3) is 0 Å². The fraction of sp³-hybridized carbons (Fsp3) is 0.222. The van der Waals surface area contributed by atoms with Crippen molar-refractivity contribution in [2.24, 2.45) is 0 Å². The number of amides is 1. The van der Waals surface area contributed by atoms with Gasteiger partial charge in [-0.25, -0.2) is 4.39 Å². The molecule has 0 aromatic heterocycles. The SMILES string of the molecule is CSc1c(F)cccc1NC(=O)C(F)(F)F. The molecule has 0 saturated heterocycles. The van der Waals surface area contributed by atoms with Crippen molar-refractivity contribution < 1.29 is 22.4 Å². The lowest BCUT2D eigenvalue weighted by Crippen LogP contribution is -2.30. The molecule has 0 saturated carbocycles. The Morgan fingerprint density at radius 3 is 2.50 bits per heavy atom. The van der Waals surface area contributed by atoms with E-state index in [0.717, 1.165) is 17.8 Å². The number of anilines is 1. The quantitative estimate of drug-likeness (QED) is 0.648. The molecule has 0 unspecified atom stereocenters. The van der Waals surface area contributed by atoms with Gasteiger partial charge in [0.05, 0.1) is 10.6 Å². The van der Waals surface area contributed by atoms with Gasteiger partial charge in [-0.05, 0) is 18.4 Å². The van der Waals surface area contributed by atoms with Gasteiger partial charge in [-0.1, -0.05) is 6.07 Å². The molecule has 0 aliphatic heterocycles. The van der Waals surface area contributed by atoms with E-state index in [-0.39, 0.29) is 10.6 Å². The van der Waals surface area contributed by atoms with Crippen LogP contribution in [0.5, 0.6) is 0 Å². The Kier molecular flexibility index (Phi) is 3.79. The normalized spacial score (nSPS) is 11.3. The van der Waals surface area contributed by atoms with E-state index in [1.165, 1.54) is 18.4 Å². The lowest BCUT2D eigenvalue weighted by atomic mass is 10.3. The van der Waals surface area contributed by atoms with Crippen LogP contribution in [-0.2, 0) is 4.79 Å². The zero-order chi connectivity index (χ0) is 12.3. The number of hydrogen-bond donors (Lipinski definition) is 1. The smallest absolute Gasteiger partial charge is 0.317 e. The van der Waals surface area contributed by atoms with Crippen LogP contribution in [-0.4, -0.2) is 18.3 Å². The first-order valence-corrected chi connectivity index (χ1v) is 5.29. The number of hydrogen-bond acceptors (Lipinski definition) is 2. The van der Waals surface area contributed by atoms with Crippen LogP contribution in [0.15, 0.2) is 23.1 Å². The van der Waals surface area contributed by atoms with Crippen LogP contribution in [0.1, 0.15) is 0 Å². The summed E-state index contributed by atoms with van der Waals surface area (Å²) < 4.78 is 49.0. The summed E-state index contributed by atoms with van der Waals surface area (Å²) in [5.74, 6) is -2.79. The van der Waals surface area contributed by atoms with E-state index in [0.29, 0.717) is 0 Å². The first kappa shape index (κ1) is 12.8. The minimum atomic E-state index is -4.98. The number of alkyl halides is 3. The van der Waals surface area contributed by atoms with Crippen molar-refractivity contribution in [2.75, 3.05) is 11.6 Å². The monoisotopic (exact) mass is 253 g/mol. The molecule has 0 radical (unpaired) electrons. The number of carbonyl (C=O) groups excluding carboxylic acids is 1. The Bertz CT molecular complexity index is 405. The topological polar surface area (TPSA) is 29.1 Å². The summed E-state index contributed by atoms with van der Waals surface area (Å²) in [5, 5.41) is 1.62. The Morgan fingerprint density at radius 2 is 2.00 bits per heavy atom. The molecule has 1 aromatic carbocycles. The molecular weight excluding hydrogens is 246 g/mol. The third kappa shape index (κ3) is 2.88. The van der Waals surface area contributed by atoms with Gasteiger partial charge < -0.3 is 5.32 Å². The molecule has 0 aliphatic rings. The van der Waals surface area contributed by atoms with Crippen molar-refractivity contribution in [1.82, 2.24) is 0 Å². The molecule has 1 amide bonds. The summed E-state index contributed by atoms with van der Waals surface area (Å²) >= 11 is 0.918. The lowest BCUT2D eigenvalue weighted by molar-refractivity contribution is -0.167. The van der Waals surface area contributed by atoms with Gasteiger partial charge in [0.2, 0.25) is 0 Å². The van der Waals surface area contributed by atoms with Gasteiger partial charge in [-0.2, -0.15) is 13.2 Å². The van der Waals surface area contributed by atoms with Crippen LogP contribution in [0, 0.1) is 5.82 Å². The average molecular weight is 253 g/mol. The maximum Gasteiger partial charge on any atom is 0.471 e. The molecule has 1 N–H and O–H groups in total. The van der Waals surface area contributed by atoms with Crippen molar-refractivity contribution in [3.8, 4) is 0 Å². The maximum atomic E-state index is 13.1. The summed E-state index contributed by atoms with van der Waals surface area (Å²) in [4.78, 5) is 10.6. The third-order valence-electron chi connectivity index (χ3n) is 1.68. The summed E-state index contributed by atoms with van der Waals surface area (Å²) in [6.45, 7) is 0. The molecule has 7 heteroatoms. The number of thioether (sulfide) groups is 1. The molecule has 0 spiro atoms. The molecule has 16 heavy (non-hydrogen) atoms. The number of benzene rings is 1. The van der Waals surface area contributed by atoms with Crippen molar-refractivity contribution in [3.05, 3.63) is 24.0 Å². The van der Waals surface area contributed by atoms with Gasteiger partial charge in [0.15, 0.2) is 0 Å². The van der Waals surface area contributed by atoms with E-state index < -0.39 is 17.9 Å². The van der Waals surface area contributed by atoms with Crippen LogP contribution in [0.3, 0.4) is 0 Å². The molecule has 2 nitrogen and oxygen atoms in total. The first-order chi connectivity index (χ1) is 7.36. The summed E-state index contributed by atoms with van der Waals surface area (Å²) in [5.41, 5.74) is -0.185. The Hall–Kier alpha value is -1.24. The van der Waals surface area contributed by atoms with Crippen molar-refractivity contribution in [2.45, 2.75) is 11.1 Å². The largest absolute Gasteiger partial charge is 0.471 e. The second kappa shape index (κ2) is 4.73. The highest BCUT2D eigenvalue weighted by atomic mass is 32.2. The van der Waals surface area contributed by atoms with Gasteiger partial charge in [-0.3, -0.25) is 4.79 Å². The van der Waals surface area contributed by atoms with E-state index >= 15 is 0 Å². The van der Waals surface area contributed by atoms with Crippen LogP contribution in [0.2, 0.25) is 0 Å². The average Bonchev–Trinajstić information content (AvgIpc) is 2.16. The van der Waals surface area contributed by atoms with Crippen molar-refractivity contribution in [3.63, 3.8) is 0 Å². The van der Waals surface area contributed by atoms with E-state index in [2.05, 4.69) is 0 Å². The van der Waals surface area contributed by atoms with Crippen LogP contribution < -0.4 is 5.32 Å². The highest BCUT2D eigenvalue weighted by Crippen LogP contribution is 2.29. The first-order valence-electron chi connectivity index (χ1n) is 4.07. The highest BCUT2D eigenvalue weighted by molar-refractivity contribution is 7.98. The third-order valence-corrected chi connectivity index (χ3v) is 2.50. The van der Waals surface area contributed by atoms with E-state index in [9.17, 15) is 22.4 Å². The van der Waals surface area contributed by atoms with Gasteiger partial charge in [-0.15, -0.1) is 11.8 Å². The standard InChI is InChI=1S/C9H7F4NOS/c1-16-7-5(10)3-2-4-6(7)14-8(15)9(11,12)13/h2-4H,1H3,(H,14,15). The van der Waals surface area contributed by atoms with E-state index in [4.69, 9.17) is 0 Å². The Balaban J connectivity index is 2.98. The zero-order valence-corrected chi connectivity index (χ0v) is 8.88. The molecule has 1 rings (SSSR count). The molecule has 0 fully saturated rings. The second-order valence-corrected chi connectivity index (χ2v) is 3.59. The number of nitrogens with one attached hydrogen (secondary N) is 1. The predicted octanol–water partition coefficient (Wildman–Crippen LogP) is 3.05. The van der Waals surface area contributed by atoms with Crippen LogP contribution in [0.4, 0.5) is 23.2 Å². The number of halogens is 4. The molecule has 0 bridgehead atoms. The Morgan fingerprint density at radius 1 is 1.38 bits per heavy atom. The second-order valence-electron chi connectivity index (χ2n) is 2.77. The molecule has 0 aliphatic carbocycles. The molecule has 0 atom stereocenters. The van der Waals surface area contributed by atoms with Crippen LogP contribution in [0.25, 0.3) is 0 Å². The summed E-state index contributed by atoms with van der Waals surface area (Å²) in [6, 6.07) is 3.54. The minimum absolute atomic E-state index is 0.0277. The van der Waals surface area contributed by atoms with Gasteiger partial charge in [0, 0.05) is 0 Å². The Labute approximate surface area is 93.0 Å². The fourth-order valence-electron chi connectivity index (χ4n) is 1.01. The van der Waals surface area contributed by atoms with Gasteiger partial charge >= 0.3 is 12.1 Å². The molecular formula is C9H7F4NOS. The van der Waals surface area contributed by atoms with Crippen LogP contribution >= 0.6 is 11.8 Å². The molecule has 1 aromatic rings. The highest BCUT2D eigenvalue weighted by Gasteiger charge is 2.39. The fourth-order valence-corrected chi connectivity index (χ4v) is 1.61. The summed E-state index contributed by atoms with van der Waals surface area (Å²) in [7, 11) is 0. The maximum absolute atomic E-state index is 13.1. The predicted molar refractivity (Wildman–Crippen MR) is 52.9 cm³/mol. The molecule has 0 heterocycles. The number of rotatable bonds is 2. The number of carbonyl (C=O) groups is 1. The van der Waals surface area contributed by atoms with Gasteiger partial charge in [0.1, 0.15) is 5.82 Å². The van der Waals surface area contributed by atoms with E-state index in [1.807, 2.05) is 0 Å². The van der Waals surface area contributed by atoms with Crippen molar-refractivity contribution in [1.29, 1.82) is 0 Å². The zero-order valence-electron chi connectivity index (χ0n) is 8.06. The lowest BCUT2D eigenvalue weighted by Gasteiger charge is -2.11. The van der Waals surface area contributed by atoms with Crippen molar-refractivity contribution >= 4 is 23.4 Å². The van der Waals surface area contributed by atoms with E-state index in [1.54, 1.807) is 5.32 Å².